The van der Waals surface area contributed by atoms with E-state index in [1.54, 1.807) is 43.0 Å². The highest BCUT2D eigenvalue weighted by atomic mass is 79.9. The van der Waals surface area contributed by atoms with E-state index in [0.29, 0.717) is 83.8 Å². The van der Waals surface area contributed by atoms with Crippen molar-refractivity contribution in [3.8, 4) is 0 Å². The summed E-state index contributed by atoms with van der Waals surface area (Å²) in [5, 5.41) is 7.90. The normalized spacial score (nSPS) is 16.4. The highest BCUT2D eigenvalue weighted by Crippen LogP contribution is 2.48. The average molecular weight is 2050 g/mol. The van der Waals surface area contributed by atoms with Gasteiger partial charge in [0.15, 0.2) is 0 Å². The van der Waals surface area contributed by atoms with Gasteiger partial charge >= 0.3 is 24.4 Å². The number of ether oxygens (including phenoxy) is 4. The van der Waals surface area contributed by atoms with Crippen LogP contribution in [0.1, 0.15) is 193 Å². The number of anilines is 1. The van der Waals surface area contributed by atoms with Crippen LogP contribution in [0.15, 0.2) is 223 Å². The topological polar surface area (TPSA) is 226 Å². The number of carbonyl (C=O) groups is 4. The van der Waals surface area contributed by atoms with E-state index in [0.717, 1.165) is 142 Å². The first-order valence-electron chi connectivity index (χ1n) is 46.3. The van der Waals surface area contributed by atoms with E-state index in [4.69, 9.17) is 77.0 Å². The third-order valence-corrected chi connectivity index (χ3v) is 27.5. The molecule has 0 spiro atoms. The Labute approximate surface area is 833 Å². The van der Waals surface area contributed by atoms with Crippen molar-refractivity contribution in [3.63, 3.8) is 0 Å². The third kappa shape index (κ3) is 20.8. The maximum Gasteiger partial charge on any atom is 0.410 e. The van der Waals surface area contributed by atoms with Crippen molar-refractivity contribution in [2.45, 2.75) is 136 Å². The van der Waals surface area contributed by atoms with Crippen LogP contribution in [-0.4, -0.2) is 143 Å². The van der Waals surface area contributed by atoms with Crippen LogP contribution in [-0.2, 0) is 51.1 Å². The second kappa shape index (κ2) is 42.6. The van der Waals surface area contributed by atoms with Crippen LogP contribution in [0.2, 0.25) is 20.1 Å². The molecule has 16 aromatic rings. The predicted molar refractivity (Wildman–Crippen MR) is 541 cm³/mol. The van der Waals surface area contributed by atoms with Crippen LogP contribution in [0.3, 0.4) is 0 Å². The quantitative estimate of drug-likeness (QED) is 0.0414. The summed E-state index contributed by atoms with van der Waals surface area (Å²) >= 11 is 33.9. The first-order chi connectivity index (χ1) is 67.0. The zero-order valence-electron chi connectivity index (χ0n) is 77.4. The van der Waals surface area contributed by atoms with Crippen molar-refractivity contribution in [2.75, 3.05) is 63.3 Å². The Morgan fingerprint density at radius 3 is 1.16 bits per heavy atom. The number of alkyl halides is 1. The van der Waals surface area contributed by atoms with Gasteiger partial charge in [-0.2, -0.15) is 0 Å². The number of halogens is 11. The van der Waals surface area contributed by atoms with Crippen LogP contribution < -0.4 is 4.90 Å². The molecular weight excluding hydrogens is 1950 g/mol. The van der Waals surface area contributed by atoms with Gasteiger partial charge in [-0.05, 0) is 261 Å². The van der Waals surface area contributed by atoms with Gasteiger partial charge in [0, 0.05) is 170 Å². The van der Waals surface area contributed by atoms with Crippen LogP contribution in [0.25, 0.3) is 54.5 Å². The average Bonchev–Trinajstić information content (AvgIpc) is 1.63. The molecule has 718 valence electrons. The number of nitrogens with one attached hydrogen (secondary N) is 5. The lowest BCUT2D eigenvalue weighted by Gasteiger charge is -2.36. The van der Waals surface area contributed by atoms with E-state index in [1.165, 1.54) is 78.5 Å². The molecule has 5 aliphatic heterocycles. The van der Waals surface area contributed by atoms with Crippen molar-refractivity contribution in [1.29, 1.82) is 0 Å². The largest absolute Gasteiger partial charge is 0.450 e. The zero-order chi connectivity index (χ0) is 97.9. The summed E-state index contributed by atoms with van der Waals surface area (Å²) in [6.07, 6.45) is 5.20. The van der Waals surface area contributed by atoms with Crippen molar-refractivity contribution in [3.05, 3.63) is 368 Å². The number of aromatic nitrogens is 7. The van der Waals surface area contributed by atoms with Crippen molar-refractivity contribution < 1.29 is 60.1 Å². The maximum atomic E-state index is 14.7. The summed E-state index contributed by atoms with van der Waals surface area (Å²) in [7, 11) is 0. The third-order valence-electron chi connectivity index (χ3n) is 25.9. The Morgan fingerprint density at radius 1 is 0.388 bits per heavy atom. The maximum absolute atomic E-state index is 14.7. The second-order valence-electron chi connectivity index (χ2n) is 35.5. The fraction of sp³-hybridized carbons (Fsp3) is 0.278. The molecule has 0 bridgehead atoms. The number of H-pyrrole nitrogens is 5. The second-order valence-corrected chi connectivity index (χ2v) is 38.5. The van der Waals surface area contributed by atoms with Gasteiger partial charge in [0.05, 0.1) is 31.2 Å². The smallest absolute Gasteiger partial charge is 0.410 e. The van der Waals surface area contributed by atoms with E-state index >= 15 is 0 Å². The molecular formula is C108H101BrCl5F5N12O8. The molecule has 0 aliphatic carbocycles. The molecule has 5 unspecified atom stereocenters. The van der Waals surface area contributed by atoms with Crippen LogP contribution >= 0.6 is 73.9 Å². The molecule has 0 saturated carbocycles. The molecule has 20 nitrogen and oxygen atoms in total. The summed E-state index contributed by atoms with van der Waals surface area (Å²) in [4.78, 5) is 85.6. The van der Waals surface area contributed by atoms with Crippen LogP contribution in [0, 0.1) is 29.1 Å². The molecule has 10 aromatic carbocycles. The molecule has 5 N–H and O–H groups in total. The number of fused-ring (bicyclic) bond motifs is 15. The van der Waals surface area contributed by atoms with Gasteiger partial charge in [-0.25, -0.2) is 51.1 Å². The molecule has 139 heavy (non-hydrogen) atoms. The van der Waals surface area contributed by atoms with Gasteiger partial charge in [-0.15, -0.1) is 11.6 Å². The molecule has 0 radical (unpaired) electrons. The molecule has 31 heteroatoms. The molecule has 6 aromatic heterocycles. The Morgan fingerprint density at radius 2 is 0.741 bits per heavy atom. The molecule has 5 aliphatic rings. The molecule has 21 rings (SSSR count). The number of benzene rings is 10. The first-order valence-corrected chi connectivity index (χ1v) is 49.1. The summed E-state index contributed by atoms with van der Waals surface area (Å²) < 4.78 is 92.3. The summed E-state index contributed by atoms with van der Waals surface area (Å²) in [6, 6.07) is 59.1. The molecule has 11 heterocycles. The molecule has 0 saturated heterocycles. The van der Waals surface area contributed by atoms with E-state index in [1.807, 2.05) is 97.9 Å². The minimum absolute atomic E-state index is 0.0322. The highest BCUT2D eigenvalue weighted by molar-refractivity contribution is 9.10. The summed E-state index contributed by atoms with van der Waals surface area (Å²) in [5.41, 5.74) is 21.1. The Hall–Kier alpha value is -12.6. The lowest BCUT2D eigenvalue weighted by atomic mass is 9.91. The molecule has 0 fully saturated rings. The number of hydrogen-bond donors (Lipinski definition) is 5. The van der Waals surface area contributed by atoms with Crippen LogP contribution in [0.5, 0.6) is 0 Å². The van der Waals surface area contributed by atoms with Gasteiger partial charge in [0.2, 0.25) is 5.95 Å². The highest BCUT2D eigenvalue weighted by Gasteiger charge is 2.43. The van der Waals surface area contributed by atoms with Crippen LogP contribution in [0.4, 0.5) is 47.1 Å². The SMILES string of the molecule is CC(C)OC(=O)N1CCc2c([nH]c3ccc(Cl)cc23)C1c1ccc(C(C)C)cc1.CC(C)c1ccc(C2c3[nH]c4ccc(Br)cc4c3CCN2c2ncccn2)cc1.CCOC(=O)N1CCc2c([nH]c3ccc(Cl)cc23)C1c1ccc(F)cc1.CCOC(=O)N1CCc2c([nH]c3ccc(Cl)cc23)C1c1ccc(F)cc1F.O=C(OCCCl)N1CCc2c([nH]c3ccc(Cl)cc23)C1c1cc(F)ccc1F. The zero-order valence-corrected chi connectivity index (χ0v) is 82.7. The number of carbonyl (C=O) groups excluding carboxylic acids is 4. The monoisotopic (exact) mass is 2040 g/mol. The van der Waals surface area contributed by atoms with Crippen molar-refractivity contribution >= 4 is 159 Å². The molecule has 4 amide bonds. The molecule has 5 atom stereocenters. The number of nitrogens with zero attached hydrogens (tertiary/aromatic N) is 7. The summed E-state index contributed by atoms with van der Waals surface area (Å²) in [6.45, 7) is 19.3. The van der Waals surface area contributed by atoms with Crippen molar-refractivity contribution in [2.24, 2.45) is 0 Å². The fourth-order valence-corrected chi connectivity index (χ4v) is 20.7. The van der Waals surface area contributed by atoms with Gasteiger partial charge in [-0.3, -0.25) is 19.6 Å². The fourth-order valence-electron chi connectivity index (χ4n) is 19.5. The lowest BCUT2D eigenvalue weighted by Crippen LogP contribution is -2.41. The van der Waals surface area contributed by atoms with Gasteiger partial charge < -0.3 is 48.8 Å². The Bertz CT molecular complexity index is 7220. The standard InChI is InChI=1S/C24H23BrN4.C24H27ClN2O2.C20H16Cl2F2N2O2.C20H17ClF2N2O2.C20H18ClFN2O2/c1-15(2)16-4-6-17(7-5-16)23-22-19(20-14-18(25)8-9-21(20)28-22)10-13-29(23)24-26-11-3-12-27-24;1-14(2)16-5-7-17(8-6-16)23-22-19(11-12-27(23)24(28)29-15(3)4)20-13-18(25)9-10-21(20)26-22;21-6-8-28-20(27)26-7-5-13-14-9-11(22)1-4-17(14)25-18(13)19(26)15-10-12(23)2-3-16(15)24;1-2-27-20(26)25-8-7-13-15-9-11(21)3-6-17(15)24-18(13)19(25)14-5-4-12(22)10-16(14)23;1-2-26-20(25)24-10-9-15-16-11-13(21)5-8-17(16)23-18(15)19(24)12-3-6-14(22)7-4-12/h3-9,11-12,14-15,23,28H,10,13H2,1-2H3;5-10,13-15,23,26H,11-12H2,1-4H3;1-4,9-10,19,25H,5-8H2;3-6,9-10,19,24H,2,7-8H2,1H3;3-8,11,19,23H,2,9-10H2,1H3. The van der Waals surface area contributed by atoms with Gasteiger partial charge in [0.25, 0.3) is 0 Å². The predicted octanol–water partition coefficient (Wildman–Crippen LogP) is 28.1. The number of amides is 4. The number of aromatic amines is 5. The number of rotatable bonds is 13. The van der Waals surface area contributed by atoms with Gasteiger partial charge in [-0.1, -0.05) is 157 Å². The lowest BCUT2D eigenvalue weighted by molar-refractivity contribution is 0.0654. The van der Waals surface area contributed by atoms with Gasteiger partial charge in [0.1, 0.15) is 59.9 Å². The van der Waals surface area contributed by atoms with E-state index < -0.39 is 47.5 Å². The minimum Gasteiger partial charge on any atom is -0.450 e. The van der Waals surface area contributed by atoms with E-state index in [2.05, 4.69) is 150 Å². The van der Waals surface area contributed by atoms with Crippen molar-refractivity contribution in [1.82, 2.24) is 54.5 Å². The minimum atomic E-state index is -0.853. The Kier molecular flexibility index (Phi) is 30.1. The first kappa shape index (κ1) is 98.1. The Balaban J connectivity index is 0.000000120. The number of hydrogen-bond acceptors (Lipinski definition) is 11. The summed E-state index contributed by atoms with van der Waals surface area (Å²) in [5.74, 6) is -0.977. The van der Waals surface area contributed by atoms with E-state index in [9.17, 15) is 41.1 Å². The van der Waals surface area contributed by atoms with E-state index in [-0.39, 0.29) is 79.0 Å².